The van der Waals surface area contributed by atoms with Gasteiger partial charge in [0.25, 0.3) is 0 Å². The summed E-state index contributed by atoms with van der Waals surface area (Å²) in [6, 6.07) is 26.9. The number of piperazine rings is 1. The number of carbonyl (C=O) groups excluding carboxylic acids is 1. The van der Waals surface area contributed by atoms with E-state index in [4.69, 9.17) is 4.74 Å². The van der Waals surface area contributed by atoms with Gasteiger partial charge in [-0.15, -0.1) is 0 Å². The first-order chi connectivity index (χ1) is 17.5. The fourth-order valence-electron chi connectivity index (χ4n) is 5.08. The summed E-state index contributed by atoms with van der Waals surface area (Å²) in [5, 5.41) is 5.40. The predicted octanol–water partition coefficient (Wildman–Crippen LogP) is 5.76. The van der Waals surface area contributed by atoms with E-state index in [0.29, 0.717) is 6.42 Å². The van der Waals surface area contributed by atoms with Gasteiger partial charge >= 0.3 is 0 Å². The van der Waals surface area contributed by atoms with Gasteiger partial charge in [0.1, 0.15) is 5.75 Å². The topological polar surface area (TPSA) is 44.8 Å². The van der Waals surface area contributed by atoms with Crippen LogP contribution in [0.25, 0.3) is 21.9 Å². The second-order valence-corrected chi connectivity index (χ2v) is 9.53. The molecule has 5 rings (SSSR count). The van der Waals surface area contributed by atoms with Crippen molar-refractivity contribution in [2.75, 3.05) is 50.6 Å². The van der Waals surface area contributed by atoms with Crippen LogP contribution < -0.4 is 15.0 Å². The maximum absolute atomic E-state index is 13.2. The zero-order valence-electron chi connectivity index (χ0n) is 21.3. The van der Waals surface area contributed by atoms with Crippen LogP contribution in [0.4, 0.5) is 11.4 Å². The third kappa shape index (κ3) is 4.93. The van der Waals surface area contributed by atoms with Gasteiger partial charge in [0, 0.05) is 31.9 Å². The molecule has 1 heterocycles. The zero-order chi connectivity index (χ0) is 25.1. The third-order valence-corrected chi connectivity index (χ3v) is 7.11. The summed E-state index contributed by atoms with van der Waals surface area (Å²) in [6.45, 7) is 6.01. The quantitative estimate of drug-likeness (QED) is 0.382. The highest BCUT2D eigenvalue weighted by molar-refractivity contribution is 6.02. The Bertz CT molecular complexity index is 1390. The van der Waals surface area contributed by atoms with Crippen molar-refractivity contribution in [1.82, 2.24) is 4.90 Å². The summed E-state index contributed by atoms with van der Waals surface area (Å²) in [6.07, 6.45) is 0.310. The molecular formula is C31H33N3O2. The normalized spacial score (nSPS) is 14.1. The highest BCUT2D eigenvalue weighted by Gasteiger charge is 2.19. The number of likely N-dealkylation sites (N-methyl/N-ethyl adjacent to an activating group) is 1. The molecule has 36 heavy (non-hydrogen) atoms. The molecule has 4 aromatic carbocycles. The van der Waals surface area contributed by atoms with Gasteiger partial charge in [-0.3, -0.25) is 4.79 Å². The number of ether oxygens (including phenoxy) is 1. The fourth-order valence-corrected chi connectivity index (χ4v) is 5.08. The number of anilines is 2. The standard InChI is InChI=1S/C31H33N3O2/c1-22-8-4-5-10-25(22)27-13-7-11-26-23(9-6-12-28(26)27)20-31(35)32-24-14-15-30(36-3)29(21-24)34-18-16-33(2)17-19-34/h4-15,21H,16-20H2,1-3H3,(H,32,35). The summed E-state index contributed by atoms with van der Waals surface area (Å²) in [5.74, 6) is 0.800. The van der Waals surface area contributed by atoms with E-state index in [1.807, 2.05) is 30.3 Å². The minimum atomic E-state index is -0.0294. The zero-order valence-corrected chi connectivity index (χ0v) is 21.3. The van der Waals surface area contributed by atoms with Crippen LogP contribution in [0.5, 0.6) is 5.75 Å². The van der Waals surface area contributed by atoms with E-state index >= 15 is 0 Å². The first kappa shape index (κ1) is 23.9. The summed E-state index contributed by atoms with van der Waals surface area (Å²) in [4.78, 5) is 17.8. The SMILES string of the molecule is COc1ccc(NC(=O)Cc2cccc3c(-c4ccccc4C)cccc23)cc1N1CCN(C)CC1. The van der Waals surface area contributed by atoms with Gasteiger partial charge in [-0.2, -0.15) is 0 Å². The number of nitrogens with one attached hydrogen (secondary N) is 1. The number of hydrogen-bond acceptors (Lipinski definition) is 4. The van der Waals surface area contributed by atoms with Crippen LogP contribution >= 0.6 is 0 Å². The molecule has 0 radical (unpaired) electrons. The van der Waals surface area contributed by atoms with Crippen LogP contribution in [0.3, 0.4) is 0 Å². The number of amides is 1. The fraction of sp³-hybridized carbons (Fsp3) is 0.258. The smallest absolute Gasteiger partial charge is 0.228 e. The van der Waals surface area contributed by atoms with E-state index < -0.39 is 0 Å². The van der Waals surface area contributed by atoms with Gasteiger partial charge in [0.15, 0.2) is 0 Å². The number of benzene rings is 4. The predicted molar refractivity (Wildman–Crippen MR) is 149 cm³/mol. The molecule has 1 N–H and O–H groups in total. The van der Waals surface area contributed by atoms with Crippen molar-refractivity contribution in [3.63, 3.8) is 0 Å². The number of carbonyl (C=O) groups is 1. The molecule has 1 saturated heterocycles. The lowest BCUT2D eigenvalue weighted by Gasteiger charge is -2.35. The third-order valence-electron chi connectivity index (χ3n) is 7.11. The molecule has 1 amide bonds. The van der Waals surface area contributed by atoms with Crippen LogP contribution in [0.1, 0.15) is 11.1 Å². The van der Waals surface area contributed by atoms with Gasteiger partial charge in [-0.25, -0.2) is 0 Å². The summed E-state index contributed by atoms with van der Waals surface area (Å²) >= 11 is 0. The van der Waals surface area contributed by atoms with E-state index in [1.165, 1.54) is 22.1 Å². The lowest BCUT2D eigenvalue weighted by Crippen LogP contribution is -2.44. The molecule has 5 nitrogen and oxygen atoms in total. The molecule has 0 saturated carbocycles. The molecule has 0 spiro atoms. The van der Waals surface area contributed by atoms with Gasteiger partial charge in [0.2, 0.25) is 5.91 Å². The minimum absolute atomic E-state index is 0.0294. The van der Waals surface area contributed by atoms with Crippen molar-refractivity contribution in [3.8, 4) is 16.9 Å². The molecule has 0 aliphatic carbocycles. The minimum Gasteiger partial charge on any atom is -0.495 e. The molecule has 184 valence electrons. The van der Waals surface area contributed by atoms with E-state index in [2.05, 4.69) is 77.6 Å². The highest BCUT2D eigenvalue weighted by atomic mass is 16.5. The van der Waals surface area contributed by atoms with Crippen LogP contribution in [0.2, 0.25) is 0 Å². The van der Waals surface area contributed by atoms with Crippen LogP contribution in [-0.2, 0) is 11.2 Å². The number of methoxy groups -OCH3 is 1. The van der Waals surface area contributed by atoms with E-state index in [1.54, 1.807) is 7.11 Å². The van der Waals surface area contributed by atoms with Crippen LogP contribution in [0, 0.1) is 6.92 Å². The van der Waals surface area contributed by atoms with Gasteiger partial charge < -0.3 is 19.9 Å². The Labute approximate surface area is 213 Å². The molecule has 4 aromatic rings. The average Bonchev–Trinajstić information content (AvgIpc) is 2.89. The summed E-state index contributed by atoms with van der Waals surface area (Å²) in [5.41, 5.74) is 6.49. The van der Waals surface area contributed by atoms with E-state index in [9.17, 15) is 4.79 Å². The molecule has 5 heteroatoms. The lowest BCUT2D eigenvalue weighted by molar-refractivity contribution is -0.115. The van der Waals surface area contributed by atoms with Crippen LogP contribution in [0.15, 0.2) is 78.9 Å². The summed E-state index contributed by atoms with van der Waals surface area (Å²) in [7, 11) is 3.83. The van der Waals surface area contributed by atoms with Crippen molar-refractivity contribution in [2.45, 2.75) is 13.3 Å². The number of nitrogens with zero attached hydrogens (tertiary/aromatic N) is 2. The Morgan fingerprint density at radius 3 is 2.36 bits per heavy atom. The monoisotopic (exact) mass is 479 g/mol. The molecule has 0 aromatic heterocycles. The Kier molecular flexibility index (Phi) is 6.92. The van der Waals surface area contributed by atoms with Crippen molar-refractivity contribution in [2.24, 2.45) is 0 Å². The first-order valence-electron chi connectivity index (χ1n) is 12.5. The number of rotatable bonds is 6. The molecule has 0 bridgehead atoms. The summed E-state index contributed by atoms with van der Waals surface area (Å²) < 4.78 is 5.62. The highest BCUT2D eigenvalue weighted by Crippen LogP contribution is 2.34. The maximum atomic E-state index is 13.2. The first-order valence-corrected chi connectivity index (χ1v) is 12.5. The Hall–Kier alpha value is -3.83. The van der Waals surface area contributed by atoms with E-state index in [-0.39, 0.29) is 5.91 Å². The lowest BCUT2D eigenvalue weighted by atomic mass is 9.92. The molecule has 0 unspecified atom stereocenters. The van der Waals surface area contributed by atoms with Gasteiger partial charge in [-0.05, 0) is 65.2 Å². The van der Waals surface area contributed by atoms with Crippen molar-refractivity contribution >= 4 is 28.1 Å². The second kappa shape index (κ2) is 10.4. The van der Waals surface area contributed by atoms with Gasteiger partial charge in [0.05, 0.1) is 19.2 Å². The van der Waals surface area contributed by atoms with Crippen LogP contribution in [-0.4, -0.2) is 51.1 Å². The van der Waals surface area contributed by atoms with E-state index in [0.717, 1.165) is 54.3 Å². The number of hydrogen-bond donors (Lipinski definition) is 1. The second-order valence-electron chi connectivity index (χ2n) is 9.53. The van der Waals surface area contributed by atoms with Crippen molar-refractivity contribution < 1.29 is 9.53 Å². The Balaban J connectivity index is 1.38. The number of fused-ring (bicyclic) bond motifs is 1. The Morgan fingerprint density at radius 1 is 0.861 bits per heavy atom. The van der Waals surface area contributed by atoms with Crippen molar-refractivity contribution in [1.29, 1.82) is 0 Å². The van der Waals surface area contributed by atoms with Gasteiger partial charge in [-0.1, -0.05) is 60.7 Å². The molecule has 0 atom stereocenters. The average molecular weight is 480 g/mol. The van der Waals surface area contributed by atoms with Crippen molar-refractivity contribution in [3.05, 3.63) is 90.0 Å². The Morgan fingerprint density at radius 2 is 1.58 bits per heavy atom. The maximum Gasteiger partial charge on any atom is 0.228 e. The molecule has 1 aliphatic heterocycles. The largest absolute Gasteiger partial charge is 0.495 e. The number of aryl methyl sites for hydroxylation is 1. The molecular weight excluding hydrogens is 446 g/mol. The molecule has 1 aliphatic rings. The molecule has 1 fully saturated rings.